The third-order valence-electron chi connectivity index (χ3n) is 4.89. The van der Waals surface area contributed by atoms with Crippen molar-refractivity contribution in [3.63, 3.8) is 0 Å². The Bertz CT molecular complexity index is 875. The molecule has 1 aliphatic rings. The van der Waals surface area contributed by atoms with Crippen LogP contribution in [0.25, 0.3) is 0 Å². The Morgan fingerprint density at radius 3 is 2.00 bits per heavy atom. The van der Waals surface area contributed by atoms with Gasteiger partial charge in [0.1, 0.15) is 11.5 Å². The maximum Gasteiger partial charge on any atom is 0.228 e. The number of para-hydroxylation sites is 2. The Labute approximate surface area is 153 Å². The van der Waals surface area contributed by atoms with E-state index < -0.39 is 0 Å². The predicted octanol–water partition coefficient (Wildman–Crippen LogP) is 5.19. The van der Waals surface area contributed by atoms with Crippen molar-refractivity contribution in [3.8, 4) is 11.5 Å². The number of carbonyl (C=O) groups is 1. The Balaban J connectivity index is 1.68. The molecule has 4 rings (SSSR count). The van der Waals surface area contributed by atoms with Gasteiger partial charge in [-0.25, -0.2) is 0 Å². The van der Waals surface area contributed by atoms with E-state index in [0.717, 1.165) is 34.6 Å². The molecule has 0 unspecified atom stereocenters. The van der Waals surface area contributed by atoms with E-state index in [2.05, 4.69) is 5.32 Å². The molecule has 0 aliphatic carbocycles. The third-order valence-corrected chi connectivity index (χ3v) is 4.89. The average Bonchev–Trinajstić information content (AvgIpc) is 2.69. The van der Waals surface area contributed by atoms with E-state index in [1.807, 2.05) is 85.8 Å². The first-order chi connectivity index (χ1) is 12.8. The monoisotopic (exact) mass is 343 g/mol. The summed E-state index contributed by atoms with van der Waals surface area (Å²) in [6, 6.07) is 25.5. The summed E-state index contributed by atoms with van der Waals surface area (Å²) in [6.07, 6.45) is 0.752. The number of benzene rings is 3. The van der Waals surface area contributed by atoms with Gasteiger partial charge in [-0.2, -0.15) is 0 Å². The second-order valence-electron chi connectivity index (χ2n) is 6.49. The summed E-state index contributed by atoms with van der Waals surface area (Å²) in [5.74, 6) is 1.46. The highest BCUT2D eigenvalue weighted by atomic mass is 16.5. The Morgan fingerprint density at radius 2 is 1.42 bits per heavy atom. The van der Waals surface area contributed by atoms with Crippen molar-refractivity contribution in [1.29, 1.82) is 0 Å². The zero-order valence-electron chi connectivity index (χ0n) is 14.7. The summed E-state index contributed by atoms with van der Waals surface area (Å²) in [5.41, 5.74) is 3.02. The lowest BCUT2D eigenvalue weighted by molar-refractivity contribution is -0.123. The predicted molar refractivity (Wildman–Crippen MR) is 102 cm³/mol. The van der Waals surface area contributed by atoms with Crippen LogP contribution in [0, 0.1) is 0 Å². The Kier molecular flexibility index (Phi) is 4.44. The van der Waals surface area contributed by atoms with Crippen LogP contribution >= 0.6 is 0 Å². The fraction of sp³-hybridized carbons (Fsp3) is 0.174. The first-order valence-electron chi connectivity index (χ1n) is 8.99. The SMILES string of the molecule is CC[C@H](C(=O)NC1c2ccccc2Oc2ccccc21)c1ccccc1. The van der Waals surface area contributed by atoms with Gasteiger partial charge in [-0.05, 0) is 24.1 Å². The molecule has 26 heavy (non-hydrogen) atoms. The zero-order chi connectivity index (χ0) is 17.9. The van der Waals surface area contributed by atoms with Crippen LogP contribution in [-0.4, -0.2) is 5.91 Å². The number of nitrogens with one attached hydrogen (secondary N) is 1. The topological polar surface area (TPSA) is 38.3 Å². The number of ether oxygens (including phenoxy) is 1. The lowest BCUT2D eigenvalue weighted by Gasteiger charge is -2.30. The van der Waals surface area contributed by atoms with Crippen LogP contribution in [0.1, 0.15) is 42.0 Å². The number of carbonyl (C=O) groups excluding carboxylic acids is 1. The fourth-order valence-corrected chi connectivity index (χ4v) is 3.57. The van der Waals surface area contributed by atoms with Crippen LogP contribution < -0.4 is 10.1 Å². The van der Waals surface area contributed by atoms with Crippen LogP contribution in [0.5, 0.6) is 11.5 Å². The largest absolute Gasteiger partial charge is 0.457 e. The van der Waals surface area contributed by atoms with Crippen molar-refractivity contribution in [1.82, 2.24) is 5.32 Å². The molecular weight excluding hydrogens is 322 g/mol. The van der Waals surface area contributed by atoms with Gasteiger partial charge in [0.25, 0.3) is 0 Å². The number of hydrogen-bond acceptors (Lipinski definition) is 2. The molecule has 0 spiro atoms. The highest BCUT2D eigenvalue weighted by Crippen LogP contribution is 2.42. The number of amides is 1. The van der Waals surface area contributed by atoms with E-state index >= 15 is 0 Å². The van der Waals surface area contributed by atoms with Crippen LogP contribution in [0.2, 0.25) is 0 Å². The number of hydrogen-bond donors (Lipinski definition) is 1. The molecule has 3 aromatic carbocycles. The van der Waals surface area contributed by atoms with E-state index in [1.165, 1.54) is 0 Å². The van der Waals surface area contributed by atoms with Crippen LogP contribution in [-0.2, 0) is 4.79 Å². The summed E-state index contributed by atoms with van der Waals surface area (Å²) in [7, 11) is 0. The molecule has 3 heteroatoms. The third kappa shape index (κ3) is 2.97. The molecule has 0 bridgehead atoms. The summed E-state index contributed by atoms with van der Waals surface area (Å²) in [6.45, 7) is 2.04. The highest BCUT2D eigenvalue weighted by Gasteiger charge is 2.30. The quantitative estimate of drug-likeness (QED) is 0.708. The minimum Gasteiger partial charge on any atom is -0.457 e. The van der Waals surface area contributed by atoms with Crippen molar-refractivity contribution in [2.75, 3.05) is 0 Å². The van der Waals surface area contributed by atoms with Gasteiger partial charge >= 0.3 is 0 Å². The van der Waals surface area contributed by atoms with Crippen molar-refractivity contribution < 1.29 is 9.53 Å². The summed E-state index contributed by atoms with van der Waals surface area (Å²) in [5, 5.41) is 3.26. The maximum absolute atomic E-state index is 13.1. The van der Waals surface area contributed by atoms with E-state index in [9.17, 15) is 4.79 Å². The molecule has 0 saturated carbocycles. The van der Waals surface area contributed by atoms with Gasteiger partial charge in [0.05, 0.1) is 12.0 Å². The molecule has 1 aliphatic heterocycles. The second kappa shape index (κ2) is 7.04. The van der Waals surface area contributed by atoms with Crippen molar-refractivity contribution in [2.45, 2.75) is 25.3 Å². The minimum absolute atomic E-state index is 0.0372. The highest BCUT2D eigenvalue weighted by molar-refractivity contribution is 5.84. The maximum atomic E-state index is 13.1. The van der Waals surface area contributed by atoms with Gasteiger partial charge in [0.15, 0.2) is 0 Å². The first kappa shape index (κ1) is 16.4. The zero-order valence-corrected chi connectivity index (χ0v) is 14.7. The average molecular weight is 343 g/mol. The van der Waals surface area contributed by atoms with E-state index in [0.29, 0.717) is 0 Å². The molecule has 130 valence electrons. The molecule has 0 aromatic heterocycles. The number of fused-ring (bicyclic) bond motifs is 2. The van der Waals surface area contributed by atoms with E-state index in [1.54, 1.807) is 0 Å². The molecular formula is C23H21NO2. The lowest BCUT2D eigenvalue weighted by Crippen LogP contribution is -2.34. The number of rotatable bonds is 4. The Hall–Kier alpha value is -3.07. The molecule has 0 saturated heterocycles. The fourth-order valence-electron chi connectivity index (χ4n) is 3.57. The summed E-state index contributed by atoms with van der Waals surface area (Å²) < 4.78 is 6.01. The molecule has 1 atom stereocenters. The van der Waals surface area contributed by atoms with E-state index in [4.69, 9.17) is 4.74 Å². The van der Waals surface area contributed by atoms with Crippen molar-refractivity contribution >= 4 is 5.91 Å². The van der Waals surface area contributed by atoms with Crippen LogP contribution in [0.15, 0.2) is 78.9 Å². The standard InChI is InChI=1S/C23H21NO2/c1-2-17(16-10-4-3-5-11-16)23(25)24-22-18-12-6-8-14-20(18)26-21-15-9-7-13-19(21)22/h3-15,17,22H,2H2,1H3,(H,24,25)/t17-/m0/s1. The molecule has 1 N–H and O–H groups in total. The van der Waals surface area contributed by atoms with Gasteiger partial charge < -0.3 is 10.1 Å². The smallest absolute Gasteiger partial charge is 0.228 e. The molecule has 1 amide bonds. The summed E-state index contributed by atoms with van der Waals surface area (Å²) in [4.78, 5) is 13.1. The molecule has 1 heterocycles. The minimum atomic E-state index is -0.207. The van der Waals surface area contributed by atoms with Crippen molar-refractivity contribution in [2.24, 2.45) is 0 Å². The second-order valence-corrected chi connectivity index (χ2v) is 6.49. The normalized spacial score (nSPS) is 13.9. The molecule has 3 aromatic rings. The summed E-state index contributed by atoms with van der Waals surface area (Å²) >= 11 is 0. The van der Waals surface area contributed by atoms with E-state index in [-0.39, 0.29) is 17.9 Å². The molecule has 3 nitrogen and oxygen atoms in total. The van der Waals surface area contributed by atoms with Gasteiger partial charge in [0, 0.05) is 11.1 Å². The van der Waals surface area contributed by atoms with Gasteiger partial charge in [0.2, 0.25) is 5.91 Å². The lowest BCUT2D eigenvalue weighted by atomic mass is 9.91. The molecule has 0 fully saturated rings. The van der Waals surface area contributed by atoms with Crippen LogP contribution in [0.3, 0.4) is 0 Å². The van der Waals surface area contributed by atoms with Crippen LogP contribution in [0.4, 0.5) is 0 Å². The molecule has 0 radical (unpaired) electrons. The first-order valence-corrected chi connectivity index (χ1v) is 8.99. The van der Waals surface area contributed by atoms with Gasteiger partial charge in [-0.1, -0.05) is 73.7 Å². The van der Waals surface area contributed by atoms with Gasteiger partial charge in [-0.15, -0.1) is 0 Å². The van der Waals surface area contributed by atoms with Crippen molar-refractivity contribution in [3.05, 3.63) is 95.6 Å². The van der Waals surface area contributed by atoms with Gasteiger partial charge in [-0.3, -0.25) is 4.79 Å². The Morgan fingerprint density at radius 1 is 0.885 bits per heavy atom.